The molecule has 0 spiro atoms. The number of phenols is 1. The second kappa shape index (κ2) is 7.35. The number of phenolic OH excluding ortho intramolecular Hbond substituents is 1. The van der Waals surface area contributed by atoms with Gasteiger partial charge in [0.2, 0.25) is 5.95 Å². The zero-order chi connectivity index (χ0) is 17.8. The summed E-state index contributed by atoms with van der Waals surface area (Å²) in [6.45, 7) is 0.612. The standard InChI is InChI=1S/C17H20N4O4/c1-25-11-3-4-12(14(22)9-11)16(24)21-8-5-13(15(23)10-21)20-17-18-6-2-7-19-17/h2-4,6-7,9,13,15,22-23H,5,8,10H2,1H3,(H,18,19,20)/t13-,15-/m1/s1. The van der Waals surface area contributed by atoms with E-state index >= 15 is 0 Å². The summed E-state index contributed by atoms with van der Waals surface area (Å²) in [6, 6.07) is 6.00. The van der Waals surface area contributed by atoms with Gasteiger partial charge in [-0.25, -0.2) is 9.97 Å². The lowest BCUT2D eigenvalue weighted by atomic mass is 10.0. The number of nitrogens with zero attached hydrogens (tertiary/aromatic N) is 3. The molecule has 1 saturated heterocycles. The fourth-order valence-corrected chi connectivity index (χ4v) is 2.81. The Hall–Kier alpha value is -2.87. The Morgan fingerprint density at radius 3 is 2.76 bits per heavy atom. The molecule has 0 radical (unpaired) electrons. The maximum absolute atomic E-state index is 12.6. The van der Waals surface area contributed by atoms with Gasteiger partial charge in [0.25, 0.3) is 5.91 Å². The molecule has 2 aromatic rings. The van der Waals surface area contributed by atoms with Crippen LogP contribution >= 0.6 is 0 Å². The highest BCUT2D eigenvalue weighted by Crippen LogP contribution is 2.26. The number of nitrogens with one attached hydrogen (secondary N) is 1. The topological polar surface area (TPSA) is 108 Å². The zero-order valence-corrected chi connectivity index (χ0v) is 13.8. The molecular weight excluding hydrogens is 324 g/mol. The van der Waals surface area contributed by atoms with E-state index in [0.29, 0.717) is 24.7 Å². The van der Waals surface area contributed by atoms with E-state index in [1.165, 1.54) is 24.1 Å². The van der Waals surface area contributed by atoms with Crippen molar-refractivity contribution >= 4 is 11.9 Å². The van der Waals surface area contributed by atoms with E-state index in [9.17, 15) is 15.0 Å². The Morgan fingerprint density at radius 1 is 1.36 bits per heavy atom. The van der Waals surface area contributed by atoms with Gasteiger partial charge in [-0.2, -0.15) is 0 Å². The number of hydrogen-bond acceptors (Lipinski definition) is 7. The number of aliphatic hydroxyl groups is 1. The fourth-order valence-electron chi connectivity index (χ4n) is 2.81. The zero-order valence-electron chi connectivity index (χ0n) is 13.8. The normalized spacial score (nSPS) is 20.2. The minimum absolute atomic E-state index is 0.142. The Morgan fingerprint density at radius 2 is 2.12 bits per heavy atom. The molecule has 25 heavy (non-hydrogen) atoms. The monoisotopic (exact) mass is 344 g/mol. The second-order valence-corrected chi connectivity index (χ2v) is 5.81. The number of aromatic nitrogens is 2. The molecule has 132 valence electrons. The molecule has 1 aliphatic rings. The lowest BCUT2D eigenvalue weighted by Gasteiger charge is -2.36. The third-order valence-corrected chi connectivity index (χ3v) is 4.18. The van der Waals surface area contributed by atoms with Gasteiger partial charge >= 0.3 is 0 Å². The van der Waals surface area contributed by atoms with Crippen LogP contribution in [-0.4, -0.2) is 63.3 Å². The van der Waals surface area contributed by atoms with Crippen LogP contribution in [0, 0.1) is 0 Å². The molecular formula is C17H20N4O4. The predicted molar refractivity (Wildman–Crippen MR) is 90.6 cm³/mol. The van der Waals surface area contributed by atoms with Gasteiger partial charge in [-0.1, -0.05) is 0 Å². The van der Waals surface area contributed by atoms with Gasteiger partial charge in [0.15, 0.2) is 0 Å². The minimum atomic E-state index is -0.762. The Balaban J connectivity index is 1.65. The number of rotatable bonds is 4. The number of benzene rings is 1. The summed E-state index contributed by atoms with van der Waals surface area (Å²) in [4.78, 5) is 22.3. The van der Waals surface area contributed by atoms with Crippen molar-refractivity contribution in [2.24, 2.45) is 0 Å². The summed E-state index contributed by atoms with van der Waals surface area (Å²) in [5, 5.41) is 23.5. The van der Waals surface area contributed by atoms with Gasteiger partial charge in [0.05, 0.1) is 24.8 Å². The molecule has 1 amide bonds. The molecule has 0 bridgehead atoms. The molecule has 8 heteroatoms. The van der Waals surface area contributed by atoms with Crippen molar-refractivity contribution in [1.82, 2.24) is 14.9 Å². The number of carbonyl (C=O) groups is 1. The van der Waals surface area contributed by atoms with Gasteiger partial charge in [-0.3, -0.25) is 4.79 Å². The summed E-state index contributed by atoms with van der Waals surface area (Å²) < 4.78 is 5.02. The van der Waals surface area contributed by atoms with Gasteiger partial charge in [0.1, 0.15) is 11.5 Å². The number of anilines is 1. The molecule has 0 unspecified atom stereocenters. The number of carbonyl (C=O) groups excluding carboxylic acids is 1. The first-order chi connectivity index (χ1) is 12.1. The van der Waals surface area contributed by atoms with E-state index in [-0.39, 0.29) is 29.8 Å². The lowest BCUT2D eigenvalue weighted by molar-refractivity contribution is 0.0423. The van der Waals surface area contributed by atoms with Crippen molar-refractivity contribution in [3.05, 3.63) is 42.2 Å². The number of β-amino-alcohol motifs (C(OH)–C–C–N with tert-alkyl or cyclic N) is 1. The largest absolute Gasteiger partial charge is 0.507 e. The van der Waals surface area contributed by atoms with Crippen molar-refractivity contribution < 1.29 is 19.7 Å². The Kier molecular flexibility index (Phi) is 4.99. The van der Waals surface area contributed by atoms with Gasteiger partial charge in [-0.05, 0) is 24.6 Å². The molecule has 2 atom stereocenters. The number of methoxy groups -OCH3 is 1. The number of likely N-dealkylation sites (tertiary alicyclic amines) is 1. The van der Waals surface area contributed by atoms with Crippen LogP contribution in [0.1, 0.15) is 16.8 Å². The molecule has 8 nitrogen and oxygen atoms in total. The highest BCUT2D eigenvalue weighted by molar-refractivity contribution is 5.97. The molecule has 2 heterocycles. The first-order valence-corrected chi connectivity index (χ1v) is 7.96. The number of hydrogen-bond donors (Lipinski definition) is 3. The number of piperidine rings is 1. The molecule has 3 N–H and O–H groups in total. The summed E-state index contributed by atoms with van der Waals surface area (Å²) >= 11 is 0. The minimum Gasteiger partial charge on any atom is -0.507 e. The molecule has 3 rings (SSSR count). The van der Waals surface area contributed by atoms with E-state index < -0.39 is 6.10 Å². The van der Waals surface area contributed by atoms with Crippen LogP contribution < -0.4 is 10.1 Å². The molecule has 1 aliphatic heterocycles. The van der Waals surface area contributed by atoms with Gasteiger partial charge in [0, 0.05) is 31.5 Å². The molecule has 0 aliphatic carbocycles. The second-order valence-electron chi connectivity index (χ2n) is 5.81. The highest BCUT2D eigenvalue weighted by Gasteiger charge is 2.31. The number of aromatic hydroxyl groups is 1. The van der Waals surface area contributed by atoms with Crippen molar-refractivity contribution in [3.63, 3.8) is 0 Å². The first kappa shape index (κ1) is 17.0. The third kappa shape index (κ3) is 3.80. The van der Waals surface area contributed by atoms with E-state index in [1.807, 2.05) is 0 Å². The maximum Gasteiger partial charge on any atom is 0.257 e. The maximum atomic E-state index is 12.6. The number of ether oxygens (including phenoxy) is 1. The molecule has 1 aromatic carbocycles. The number of aliphatic hydroxyl groups excluding tert-OH is 1. The van der Waals surface area contributed by atoms with Crippen LogP contribution in [0.5, 0.6) is 11.5 Å². The van der Waals surface area contributed by atoms with Crippen molar-refractivity contribution in [2.75, 3.05) is 25.5 Å². The predicted octanol–water partition coefficient (Wildman–Crippen LogP) is 0.878. The van der Waals surface area contributed by atoms with E-state index in [2.05, 4.69) is 15.3 Å². The van der Waals surface area contributed by atoms with Crippen molar-refractivity contribution in [3.8, 4) is 11.5 Å². The summed E-state index contributed by atoms with van der Waals surface area (Å²) in [6.07, 6.45) is 3.02. The third-order valence-electron chi connectivity index (χ3n) is 4.18. The van der Waals surface area contributed by atoms with Gasteiger partial charge < -0.3 is 25.2 Å². The summed E-state index contributed by atoms with van der Waals surface area (Å²) in [7, 11) is 1.49. The Bertz CT molecular complexity index is 741. The molecule has 1 fully saturated rings. The fraction of sp³-hybridized carbons (Fsp3) is 0.353. The average molecular weight is 344 g/mol. The molecule has 1 aromatic heterocycles. The SMILES string of the molecule is COc1ccc(C(=O)N2CC[C@@H](Nc3ncccn3)[C@H](O)C2)c(O)c1. The summed E-state index contributed by atoms with van der Waals surface area (Å²) in [5.41, 5.74) is 0.186. The van der Waals surface area contributed by atoms with Crippen LogP contribution in [0.2, 0.25) is 0 Å². The van der Waals surface area contributed by atoms with Crippen LogP contribution in [0.3, 0.4) is 0 Å². The smallest absolute Gasteiger partial charge is 0.257 e. The number of amides is 1. The van der Waals surface area contributed by atoms with Crippen LogP contribution in [0.4, 0.5) is 5.95 Å². The van der Waals surface area contributed by atoms with E-state index in [1.54, 1.807) is 24.5 Å². The van der Waals surface area contributed by atoms with E-state index in [0.717, 1.165) is 0 Å². The lowest BCUT2D eigenvalue weighted by Crippen LogP contribution is -2.51. The van der Waals surface area contributed by atoms with Crippen LogP contribution in [-0.2, 0) is 0 Å². The van der Waals surface area contributed by atoms with Crippen LogP contribution in [0.15, 0.2) is 36.7 Å². The van der Waals surface area contributed by atoms with Crippen molar-refractivity contribution in [2.45, 2.75) is 18.6 Å². The van der Waals surface area contributed by atoms with Crippen molar-refractivity contribution in [1.29, 1.82) is 0 Å². The van der Waals surface area contributed by atoms with Crippen LogP contribution in [0.25, 0.3) is 0 Å². The van der Waals surface area contributed by atoms with Gasteiger partial charge in [-0.15, -0.1) is 0 Å². The quantitative estimate of drug-likeness (QED) is 0.755. The van der Waals surface area contributed by atoms with E-state index in [4.69, 9.17) is 4.74 Å². The average Bonchev–Trinajstić information content (AvgIpc) is 2.63. The molecule has 0 saturated carbocycles. The first-order valence-electron chi connectivity index (χ1n) is 7.96. The summed E-state index contributed by atoms with van der Waals surface area (Å²) in [5.74, 6) is 0.448. The highest BCUT2D eigenvalue weighted by atomic mass is 16.5. The Labute approximate surface area is 145 Å².